The van der Waals surface area contributed by atoms with Gasteiger partial charge in [0.1, 0.15) is 17.3 Å². The van der Waals surface area contributed by atoms with E-state index in [1.807, 2.05) is 0 Å². The first-order chi connectivity index (χ1) is 6.65. The molecule has 0 fully saturated rings. The standard InChI is InChI=1S/C8H7BrClN3O/c1-5(9)2-11-8-6(3-14)7(10)12-4-13-8/h3-4H,1-2H2,(H,11,12,13). The van der Waals surface area contributed by atoms with E-state index in [4.69, 9.17) is 11.6 Å². The van der Waals surface area contributed by atoms with Crippen molar-refractivity contribution in [2.24, 2.45) is 0 Å². The summed E-state index contributed by atoms with van der Waals surface area (Å²) in [5.74, 6) is 0.403. The van der Waals surface area contributed by atoms with Crippen molar-refractivity contribution in [3.8, 4) is 0 Å². The van der Waals surface area contributed by atoms with Crippen LogP contribution >= 0.6 is 27.5 Å². The van der Waals surface area contributed by atoms with Crippen molar-refractivity contribution in [1.82, 2.24) is 9.97 Å². The highest BCUT2D eigenvalue weighted by molar-refractivity contribution is 9.11. The molecule has 0 amide bonds. The van der Waals surface area contributed by atoms with Crippen molar-refractivity contribution in [2.75, 3.05) is 11.9 Å². The van der Waals surface area contributed by atoms with Crippen molar-refractivity contribution in [3.05, 3.63) is 28.1 Å². The summed E-state index contributed by atoms with van der Waals surface area (Å²) in [4.78, 5) is 18.2. The summed E-state index contributed by atoms with van der Waals surface area (Å²) < 4.78 is 0.754. The number of carbonyl (C=O) groups excluding carboxylic acids is 1. The molecule has 0 saturated heterocycles. The van der Waals surface area contributed by atoms with Crippen LogP contribution in [0.25, 0.3) is 0 Å². The Hall–Kier alpha value is -0.940. The minimum absolute atomic E-state index is 0.137. The fourth-order valence-electron chi connectivity index (χ4n) is 0.799. The van der Waals surface area contributed by atoms with E-state index in [1.165, 1.54) is 6.33 Å². The van der Waals surface area contributed by atoms with Crippen LogP contribution in [0.3, 0.4) is 0 Å². The lowest BCUT2D eigenvalue weighted by Crippen LogP contribution is -2.06. The van der Waals surface area contributed by atoms with Crippen LogP contribution in [0.4, 0.5) is 5.82 Å². The third-order valence-electron chi connectivity index (χ3n) is 1.40. The number of anilines is 1. The van der Waals surface area contributed by atoms with Gasteiger partial charge in [-0.15, -0.1) is 0 Å². The number of halogens is 2. The van der Waals surface area contributed by atoms with Gasteiger partial charge in [-0.1, -0.05) is 34.1 Å². The Morgan fingerprint density at radius 1 is 1.71 bits per heavy atom. The summed E-state index contributed by atoms with van der Waals surface area (Å²) in [5, 5.41) is 3.03. The molecule has 0 aliphatic carbocycles. The first-order valence-corrected chi connectivity index (χ1v) is 4.85. The van der Waals surface area contributed by atoms with E-state index in [-0.39, 0.29) is 10.7 Å². The molecule has 0 unspecified atom stereocenters. The SMILES string of the molecule is C=C(Br)CNc1ncnc(Cl)c1C=O. The zero-order valence-corrected chi connectivity index (χ0v) is 9.47. The molecule has 1 aromatic heterocycles. The third kappa shape index (κ3) is 2.78. The van der Waals surface area contributed by atoms with Crippen molar-refractivity contribution >= 4 is 39.6 Å². The van der Waals surface area contributed by atoms with Gasteiger partial charge < -0.3 is 5.32 Å². The lowest BCUT2D eigenvalue weighted by Gasteiger charge is -2.06. The van der Waals surface area contributed by atoms with Gasteiger partial charge in [0.15, 0.2) is 6.29 Å². The van der Waals surface area contributed by atoms with Crippen LogP contribution in [0, 0.1) is 0 Å². The Balaban J connectivity index is 2.90. The molecule has 0 aromatic carbocycles. The van der Waals surface area contributed by atoms with E-state index in [0.717, 1.165) is 4.48 Å². The largest absolute Gasteiger partial charge is 0.365 e. The Morgan fingerprint density at radius 3 is 3.00 bits per heavy atom. The van der Waals surface area contributed by atoms with Gasteiger partial charge in [0, 0.05) is 11.0 Å². The van der Waals surface area contributed by atoms with Gasteiger partial charge in [0.05, 0.1) is 5.56 Å². The maximum Gasteiger partial charge on any atom is 0.156 e. The van der Waals surface area contributed by atoms with Crippen molar-refractivity contribution < 1.29 is 4.79 Å². The molecule has 14 heavy (non-hydrogen) atoms. The van der Waals surface area contributed by atoms with Gasteiger partial charge in [-0.3, -0.25) is 4.79 Å². The van der Waals surface area contributed by atoms with Gasteiger partial charge in [0.25, 0.3) is 0 Å². The van der Waals surface area contributed by atoms with Crippen LogP contribution in [0.1, 0.15) is 10.4 Å². The molecule has 4 nitrogen and oxygen atoms in total. The topological polar surface area (TPSA) is 54.9 Å². The Kier molecular flexibility index (Phi) is 4.03. The van der Waals surface area contributed by atoms with E-state index in [1.54, 1.807) is 0 Å². The molecule has 0 aliphatic heterocycles. The van der Waals surface area contributed by atoms with E-state index < -0.39 is 0 Å². The van der Waals surface area contributed by atoms with E-state index in [9.17, 15) is 4.79 Å². The Bertz CT molecular complexity index is 370. The fourth-order valence-corrected chi connectivity index (χ4v) is 1.12. The molecule has 74 valence electrons. The summed E-state index contributed by atoms with van der Waals surface area (Å²) >= 11 is 8.86. The van der Waals surface area contributed by atoms with Crippen molar-refractivity contribution in [2.45, 2.75) is 0 Å². The average Bonchev–Trinajstić information content (AvgIpc) is 2.14. The van der Waals surface area contributed by atoms with Crippen LogP contribution in [-0.2, 0) is 0 Å². The van der Waals surface area contributed by atoms with Crippen LogP contribution in [-0.4, -0.2) is 22.8 Å². The summed E-state index contributed by atoms with van der Waals surface area (Å²) in [7, 11) is 0. The van der Waals surface area contributed by atoms with Gasteiger partial charge >= 0.3 is 0 Å². The van der Waals surface area contributed by atoms with Gasteiger partial charge in [0.2, 0.25) is 0 Å². The summed E-state index contributed by atoms with van der Waals surface area (Å²) in [6, 6.07) is 0. The normalized spacial score (nSPS) is 9.57. The minimum atomic E-state index is 0.137. The maximum absolute atomic E-state index is 10.7. The molecule has 1 aromatic rings. The molecular weight excluding hydrogens is 269 g/mol. The fraction of sp³-hybridized carbons (Fsp3) is 0.125. The molecule has 0 saturated carbocycles. The smallest absolute Gasteiger partial charge is 0.156 e. The molecule has 0 atom stereocenters. The third-order valence-corrected chi connectivity index (χ3v) is 1.98. The van der Waals surface area contributed by atoms with Crippen molar-refractivity contribution in [1.29, 1.82) is 0 Å². The highest BCUT2D eigenvalue weighted by Crippen LogP contribution is 2.17. The zero-order chi connectivity index (χ0) is 10.6. The lowest BCUT2D eigenvalue weighted by molar-refractivity contribution is 0.112. The summed E-state index contributed by atoms with van der Waals surface area (Å²) in [6.45, 7) is 4.10. The molecular formula is C8H7BrClN3O. The summed E-state index contributed by atoms with van der Waals surface area (Å²) in [5.41, 5.74) is 0.253. The predicted molar refractivity (Wildman–Crippen MR) is 59.0 cm³/mol. The number of nitrogens with zero attached hydrogens (tertiary/aromatic N) is 2. The number of rotatable bonds is 4. The first-order valence-electron chi connectivity index (χ1n) is 3.68. The second-order valence-corrected chi connectivity index (χ2v) is 3.89. The van der Waals surface area contributed by atoms with E-state index in [0.29, 0.717) is 18.6 Å². The first kappa shape index (κ1) is 11.1. The average molecular weight is 277 g/mol. The van der Waals surface area contributed by atoms with Crippen LogP contribution < -0.4 is 5.32 Å². The van der Waals surface area contributed by atoms with Gasteiger partial charge in [-0.2, -0.15) is 0 Å². The molecule has 1 heterocycles. The predicted octanol–water partition coefficient (Wildman–Crippen LogP) is 2.26. The van der Waals surface area contributed by atoms with E-state index >= 15 is 0 Å². The second kappa shape index (κ2) is 5.07. The molecule has 6 heteroatoms. The summed E-state index contributed by atoms with van der Waals surface area (Å²) in [6.07, 6.45) is 1.90. The lowest BCUT2D eigenvalue weighted by atomic mass is 10.3. The molecule has 0 spiro atoms. The van der Waals surface area contributed by atoms with Gasteiger partial charge in [-0.05, 0) is 0 Å². The number of aromatic nitrogens is 2. The van der Waals surface area contributed by atoms with Crippen LogP contribution in [0.15, 0.2) is 17.4 Å². The molecule has 0 aliphatic rings. The maximum atomic E-state index is 10.7. The molecule has 0 radical (unpaired) electrons. The molecule has 1 rings (SSSR count). The van der Waals surface area contributed by atoms with Gasteiger partial charge in [-0.25, -0.2) is 9.97 Å². The highest BCUT2D eigenvalue weighted by atomic mass is 79.9. The Labute approximate surface area is 94.5 Å². The molecule has 1 N–H and O–H groups in total. The van der Waals surface area contributed by atoms with Crippen LogP contribution in [0.2, 0.25) is 5.15 Å². The second-order valence-electron chi connectivity index (χ2n) is 2.42. The minimum Gasteiger partial charge on any atom is -0.365 e. The number of carbonyl (C=O) groups is 1. The number of hydrogen-bond acceptors (Lipinski definition) is 4. The number of hydrogen-bond donors (Lipinski definition) is 1. The Morgan fingerprint density at radius 2 is 2.43 bits per heavy atom. The monoisotopic (exact) mass is 275 g/mol. The van der Waals surface area contributed by atoms with E-state index in [2.05, 4.69) is 37.8 Å². The number of aldehydes is 1. The molecule has 0 bridgehead atoms. The highest BCUT2D eigenvalue weighted by Gasteiger charge is 2.07. The van der Waals surface area contributed by atoms with Crippen LogP contribution in [0.5, 0.6) is 0 Å². The quantitative estimate of drug-likeness (QED) is 0.677. The van der Waals surface area contributed by atoms with Crippen molar-refractivity contribution in [3.63, 3.8) is 0 Å². The number of nitrogens with one attached hydrogen (secondary N) is 1. The zero-order valence-electron chi connectivity index (χ0n) is 7.13.